The van der Waals surface area contributed by atoms with E-state index in [1.807, 2.05) is 30.3 Å². The lowest BCUT2D eigenvalue weighted by atomic mass is 10.2. The summed E-state index contributed by atoms with van der Waals surface area (Å²) in [6, 6.07) is 14.5. The first-order valence-corrected chi connectivity index (χ1v) is 12.8. The van der Waals surface area contributed by atoms with Gasteiger partial charge in [0.05, 0.1) is 29.0 Å². The van der Waals surface area contributed by atoms with Crippen LogP contribution in [0.5, 0.6) is 0 Å². The van der Waals surface area contributed by atoms with E-state index in [1.54, 1.807) is 37.0 Å². The number of carbonyl (C=O) groups excluding carboxylic acids is 1. The molecule has 0 radical (unpaired) electrons. The highest BCUT2D eigenvalue weighted by Crippen LogP contribution is 2.26. The van der Waals surface area contributed by atoms with Crippen LogP contribution in [0.4, 0.5) is 5.69 Å². The minimum Gasteiger partial charge on any atom is -0.379 e. The van der Waals surface area contributed by atoms with Gasteiger partial charge in [0.15, 0.2) is 0 Å². The number of benzene rings is 2. The molecule has 11 heteroatoms. The van der Waals surface area contributed by atoms with Gasteiger partial charge in [-0.15, -0.1) is 5.10 Å². The quantitative estimate of drug-likeness (QED) is 0.511. The number of para-hydroxylation sites is 1. The van der Waals surface area contributed by atoms with Gasteiger partial charge in [-0.1, -0.05) is 36.0 Å². The molecule has 3 aromatic rings. The highest BCUT2D eigenvalue weighted by Gasteiger charge is 2.28. The molecule has 9 nitrogen and oxygen atoms in total. The summed E-state index contributed by atoms with van der Waals surface area (Å²) in [7, 11) is -3.67. The fourth-order valence-electron chi connectivity index (χ4n) is 3.34. The van der Waals surface area contributed by atoms with Crippen LogP contribution in [0.15, 0.2) is 64.9 Å². The number of nitrogens with one attached hydrogen (secondary N) is 1. The molecule has 0 bridgehead atoms. The van der Waals surface area contributed by atoms with Gasteiger partial charge in [-0.2, -0.15) is 4.31 Å². The minimum atomic E-state index is -3.67. The van der Waals surface area contributed by atoms with Crippen molar-refractivity contribution in [1.29, 1.82) is 0 Å². The number of aryl methyl sites for hydroxylation is 1. The van der Waals surface area contributed by atoms with Crippen molar-refractivity contribution in [3.05, 3.63) is 60.4 Å². The normalized spacial score (nSPS) is 15.8. The molecule has 1 saturated heterocycles. The number of sulfonamides is 1. The molecule has 33 heavy (non-hydrogen) atoms. The average Bonchev–Trinajstić information content (AvgIpc) is 3.30. The van der Waals surface area contributed by atoms with Crippen LogP contribution < -0.4 is 5.32 Å². The van der Waals surface area contributed by atoms with E-state index < -0.39 is 15.3 Å². The van der Waals surface area contributed by atoms with Gasteiger partial charge in [0, 0.05) is 18.8 Å². The Balaban J connectivity index is 1.44. The van der Waals surface area contributed by atoms with Crippen LogP contribution >= 0.6 is 11.8 Å². The lowest BCUT2D eigenvalue weighted by molar-refractivity contribution is -0.115. The number of thioether (sulfide) groups is 1. The van der Waals surface area contributed by atoms with Gasteiger partial charge >= 0.3 is 0 Å². The fraction of sp³-hybridized carbons (Fsp3) is 0.318. The van der Waals surface area contributed by atoms with E-state index in [1.165, 1.54) is 22.1 Å². The van der Waals surface area contributed by atoms with Crippen LogP contribution in [-0.4, -0.2) is 64.9 Å². The first-order chi connectivity index (χ1) is 15.8. The van der Waals surface area contributed by atoms with E-state index in [4.69, 9.17) is 4.74 Å². The Hall–Kier alpha value is -2.73. The summed E-state index contributed by atoms with van der Waals surface area (Å²) in [5.41, 5.74) is 1.92. The monoisotopic (exact) mass is 487 g/mol. The predicted molar refractivity (Wildman–Crippen MR) is 126 cm³/mol. The van der Waals surface area contributed by atoms with Crippen molar-refractivity contribution in [2.24, 2.45) is 0 Å². The number of morpholine rings is 1. The maximum absolute atomic E-state index is 13.1. The number of anilines is 1. The summed E-state index contributed by atoms with van der Waals surface area (Å²) < 4.78 is 34.5. The number of hydrogen-bond donors (Lipinski definition) is 1. The molecule has 1 fully saturated rings. The van der Waals surface area contributed by atoms with Crippen LogP contribution in [-0.2, 0) is 19.6 Å². The maximum atomic E-state index is 13.1. The number of hydrogen-bond acceptors (Lipinski definition) is 7. The third-order valence-corrected chi connectivity index (χ3v) is 8.19. The molecule has 1 aliphatic rings. The van der Waals surface area contributed by atoms with Crippen molar-refractivity contribution >= 4 is 33.4 Å². The fourth-order valence-corrected chi connectivity index (χ4v) is 5.73. The van der Waals surface area contributed by atoms with Gasteiger partial charge in [0.25, 0.3) is 0 Å². The molecular weight excluding hydrogens is 462 g/mol. The van der Waals surface area contributed by atoms with E-state index in [2.05, 4.69) is 15.4 Å². The highest BCUT2D eigenvalue weighted by atomic mass is 32.2. The number of rotatable bonds is 7. The maximum Gasteiger partial charge on any atom is 0.243 e. The Kier molecular flexibility index (Phi) is 7.13. The molecular formula is C22H25N5O4S2. The molecule has 1 atom stereocenters. The van der Waals surface area contributed by atoms with Gasteiger partial charge in [0.2, 0.25) is 21.1 Å². The number of ether oxygens (including phenoxy) is 1. The smallest absolute Gasteiger partial charge is 0.243 e. The molecule has 0 spiro atoms. The van der Waals surface area contributed by atoms with Crippen molar-refractivity contribution < 1.29 is 17.9 Å². The summed E-state index contributed by atoms with van der Waals surface area (Å²) in [4.78, 5) is 17.2. The van der Waals surface area contributed by atoms with Crippen LogP contribution in [0.2, 0.25) is 0 Å². The number of amides is 1. The Morgan fingerprint density at radius 3 is 2.61 bits per heavy atom. The molecule has 0 unspecified atom stereocenters. The average molecular weight is 488 g/mol. The number of aromatic nitrogens is 3. The van der Waals surface area contributed by atoms with E-state index in [0.717, 1.165) is 5.69 Å². The van der Waals surface area contributed by atoms with Gasteiger partial charge in [0.1, 0.15) is 6.33 Å². The molecule has 1 amide bonds. The Morgan fingerprint density at radius 2 is 1.88 bits per heavy atom. The third-order valence-electron chi connectivity index (χ3n) is 5.19. The van der Waals surface area contributed by atoms with Gasteiger partial charge < -0.3 is 10.1 Å². The Labute approximate surface area is 197 Å². The molecule has 0 saturated carbocycles. The van der Waals surface area contributed by atoms with Gasteiger partial charge in [-0.05, 0) is 43.7 Å². The topological polar surface area (TPSA) is 106 Å². The largest absolute Gasteiger partial charge is 0.379 e. The van der Waals surface area contributed by atoms with Crippen molar-refractivity contribution in [3.63, 3.8) is 0 Å². The summed E-state index contributed by atoms with van der Waals surface area (Å²) in [6.45, 7) is 4.87. The molecule has 2 heterocycles. The third kappa shape index (κ3) is 5.44. The Morgan fingerprint density at radius 1 is 1.15 bits per heavy atom. The van der Waals surface area contributed by atoms with Gasteiger partial charge in [-0.3, -0.25) is 4.79 Å². The second-order valence-electron chi connectivity index (χ2n) is 7.55. The second kappa shape index (κ2) is 10.0. The second-order valence-corrected chi connectivity index (χ2v) is 10.8. The van der Waals surface area contributed by atoms with E-state index in [9.17, 15) is 13.2 Å². The SMILES string of the molecule is Cc1ccc(NC(=O)[C@@H](C)Sc2ncn(-c3ccccc3)n2)cc1S(=O)(=O)N1CCOCC1. The molecule has 0 aliphatic carbocycles. The molecule has 2 aromatic carbocycles. The van der Waals surface area contributed by atoms with E-state index in [-0.39, 0.29) is 10.8 Å². The lowest BCUT2D eigenvalue weighted by Crippen LogP contribution is -2.40. The molecule has 1 aliphatic heterocycles. The van der Waals surface area contributed by atoms with Crippen LogP contribution in [0, 0.1) is 6.92 Å². The zero-order valence-electron chi connectivity index (χ0n) is 18.3. The Bertz CT molecular complexity index is 1220. The van der Waals surface area contributed by atoms with Crippen LogP contribution in [0.1, 0.15) is 12.5 Å². The van der Waals surface area contributed by atoms with E-state index >= 15 is 0 Å². The standard InChI is InChI=1S/C22H25N5O4S2/c1-16-8-9-18(14-20(16)33(29,30)26-10-12-31-13-11-26)24-21(28)17(2)32-22-23-15-27(25-22)19-6-4-3-5-7-19/h3-9,14-15,17H,10-13H2,1-2H3,(H,24,28)/t17-/m1/s1. The predicted octanol–water partition coefficient (Wildman–Crippen LogP) is 2.72. The summed E-state index contributed by atoms with van der Waals surface area (Å²) in [5, 5.41) is 7.21. The lowest BCUT2D eigenvalue weighted by Gasteiger charge is -2.27. The van der Waals surface area contributed by atoms with Crippen LogP contribution in [0.3, 0.4) is 0 Å². The van der Waals surface area contributed by atoms with Crippen LogP contribution in [0.25, 0.3) is 5.69 Å². The van der Waals surface area contributed by atoms with E-state index in [0.29, 0.717) is 42.7 Å². The molecule has 174 valence electrons. The number of nitrogens with zero attached hydrogens (tertiary/aromatic N) is 4. The first kappa shape index (κ1) is 23.4. The highest BCUT2D eigenvalue weighted by molar-refractivity contribution is 8.00. The zero-order valence-corrected chi connectivity index (χ0v) is 20.0. The summed E-state index contributed by atoms with van der Waals surface area (Å²) >= 11 is 1.23. The first-order valence-electron chi connectivity index (χ1n) is 10.5. The molecule has 1 N–H and O–H groups in total. The zero-order chi connectivity index (χ0) is 23.4. The number of carbonyl (C=O) groups is 1. The van der Waals surface area contributed by atoms with Crippen molar-refractivity contribution in [2.45, 2.75) is 29.1 Å². The molecule has 4 rings (SSSR count). The summed E-state index contributed by atoms with van der Waals surface area (Å²) in [6.07, 6.45) is 1.60. The van der Waals surface area contributed by atoms with Crippen molar-refractivity contribution in [1.82, 2.24) is 19.1 Å². The minimum absolute atomic E-state index is 0.186. The molecule has 1 aromatic heterocycles. The van der Waals surface area contributed by atoms with Crippen molar-refractivity contribution in [2.75, 3.05) is 31.6 Å². The van der Waals surface area contributed by atoms with Crippen molar-refractivity contribution in [3.8, 4) is 5.69 Å². The van der Waals surface area contributed by atoms with Gasteiger partial charge in [-0.25, -0.2) is 18.1 Å². The summed E-state index contributed by atoms with van der Waals surface area (Å²) in [5.74, 6) is -0.269.